The van der Waals surface area contributed by atoms with Crippen molar-refractivity contribution in [3.8, 4) is 0 Å². The Balaban J connectivity index is 2.42. The van der Waals surface area contributed by atoms with E-state index in [2.05, 4.69) is 23.2 Å². The number of aromatic amines is 1. The van der Waals surface area contributed by atoms with Crippen molar-refractivity contribution in [3.63, 3.8) is 0 Å². The highest BCUT2D eigenvalue weighted by molar-refractivity contribution is 5.50. The largest absolute Gasteiger partial charge is 0.361 e. The second-order valence-corrected chi connectivity index (χ2v) is 2.71. The van der Waals surface area contributed by atoms with E-state index in [4.69, 9.17) is 0 Å². The van der Waals surface area contributed by atoms with E-state index in [0.29, 0.717) is 0 Å². The van der Waals surface area contributed by atoms with Gasteiger partial charge in [-0.05, 0) is 37.0 Å². The molecule has 1 aliphatic carbocycles. The molecule has 10 heavy (non-hydrogen) atoms. The van der Waals surface area contributed by atoms with Crippen LogP contribution in [0.4, 0.5) is 0 Å². The van der Waals surface area contributed by atoms with E-state index in [9.17, 15) is 0 Å². The average molecular weight is 133 g/mol. The fraction of sp³-hybridized carbons (Fsp3) is 0.333. The minimum absolute atomic E-state index is 1.22. The normalized spacial score (nSPS) is 16.4. The van der Waals surface area contributed by atoms with Gasteiger partial charge in [0.25, 0.3) is 0 Å². The second kappa shape index (κ2) is 2.33. The molecule has 1 aromatic rings. The molecule has 0 amide bonds. The Morgan fingerprint density at radius 2 is 2.40 bits per heavy atom. The smallest absolute Gasteiger partial charge is 0.0409 e. The predicted molar refractivity (Wildman–Crippen MR) is 42.8 cm³/mol. The Labute approximate surface area is 60.8 Å². The van der Waals surface area contributed by atoms with Gasteiger partial charge < -0.3 is 4.98 Å². The number of H-pyrrole nitrogens is 1. The van der Waals surface area contributed by atoms with Gasteiger partial charge in [0, 0.05) is 11.9 Å². The molecular weight excluding hydrogens is 122 g/mol. The molecule has 0 saturated carbocycles. The fourth-order valence-electron chi connectivity index (χ4n) is 1.40. The number of hydrogen-bond acceptors (Lipinski definition) is 0. The standard InChI is InChI=1S/C9H11N/c1-2-4-8-6-7-10-9(8)5-3-1/h3,5-7,10H,1-2,4H2. The van der Waals surface area contributed by atoms with Crippen molar-refractivity contribution in [2.75, 3.05) is 0 Å². The molecule has 0 spiro atoms. The first-order valence-electron chi connectivity index (χ1n) is 3.79. The third-order valence-corrected chi connectivity index (χ3v) is 1.97. The van der Waals surface area contributed by atoms with Crippen LogP contribution in [0, 0.1) is 0 Å². The maximum Gasteiger partial charge on any atom is 0.0409 e. The summed E-state index contributed by atoms with van der Waals surface area (Å²) in [6.07, 6.45) is 10.2. The summed E-state index contributed by atoms with van der Waals surface area (Å²) in [6.45, 7) is 0. The van der Waals surface area contributed by atoms with Gasteiger partial charge in [-0.2, -0.15) is 0 Å². The van der Waals surface area contributed by atoms with Crippen LogP contribution < -0.4 is 0 Å². The summed E-state index contributed by atoms with van der Waals surface area (Å²) in [5.41, 5.74) is 2.77. The first kappa shape index (κ1) is 5.78. The van der Waals surface area contributed by atoms with E-state index in [0.717, 1.165) is 0 Å². The Kier molecular flexibility index (Phi) is 1.35. The monoisotopic (exact) mass is 133 g/mol. The number of aromatic nitrogens is 1. The molecule has 1 heteroatoms. The molecule has 0 radical (unpaired) electrons. The van der Waals surface area contributed by atoms with E-state index < -0.39 is 0 Å². The van der Waals surface area contributed by atoms with E-state index >= 15 is 0 Å². The molecule has 52 valence electrons. The molecule has 0 atom stereocenters. The number of hydrogen-bond donors (Lipinski definition) is 1. The molecular formula is C9H11N. The van der Waals surface area contributed by atoms with E-state index in [1.165, 1.54) is 30.5 Å². The van der Waals surface area contributed by atoms with Gasteiger partial charge in [0.1, 0.15) is 0 Å². The first-order chi connectivity index (χ1) is 4.97. The number of allylic oxidation sites excluding steroid dienone is 1. The maximum absolute atomic E-state index is 3.21. The summed E-state index contributed by atoms with van der Waals surface area (Å²) in [7, 11) is 0. The molecule has 1 nitrogen and oxygen atoms in total. The minimum Gasteiger partial charge on any atom is -0.361 e. The Hall–Kier alpha value is -0.980. The summed E-state index contributed by atoms with van der Waals surface area (Å²) in [5.74, 6) is 0. The van der Waals surface area contributed by atoms with Crippen LogP contribution in [-0.4, -0.2) is 4.98 Å². The van der Waals surface area contributed by atoms with Crippen LogP contribution in [0.1, 0.15) is 24.1 Å². The summed E-state index contributed by atoms with van der Waals surface area (Å²) in [5, 5.41) is 0. The van der Waals surface area contributed by atoms with Crippen LogP contribution in [0.3, 0.4) is 0 Å². The fourth-order valence-corrected chi connectivity index (χ4v) is 1.40. The van der Waals surface area contributed by atoms with Crippen LogP contribution in [0.15, 0.2) is 18.3 Å². The first-order valence-corrected chi connectivity index (χ1v) is 3.79. The van der Waals surface area contributed by atoms with Crippen LogP contribution in [0.5, 0.6) is 0 Å². The summed E-state index contributed by atoms with van der Waals surface area (Å²) >= 11 is 0. The van der Waals surface area contributed by atoms with Crippen molar-refractivity contribution in [3.05, 3.63) is 29.6 Å². The van der Waals surface area contributed by atoms with Gasteiger partial charge in [0.15, 0.2) is 0 Å². The van der Waals surface area contributed by atoms with Gasteiger partial charge in [-0.1, -0.05) is 6.08 Å². The molecule has 1 N–H and O–H groups in total. The predicted octanol–water partition coefficient (Wildman–Crippen LogP) is 2.36. The highest BCUT2D eigenvalue weighted by atomic mass is 14.7. The number of nitrogens with one attached hydrogen (secondary N) is 1. The lowest BCUT2D eigenvalue weighted by molar-refractivity contribution is 0.853. The molecule has 2 rings (SSSR count). The molecule has 0 aliphatic heterocycles. The van der Waals surface area contributed by atoms with Gasteiger partial charge in [-0.15, -0.1) is 0 Å². The third kappa shape index (κ3) is 0.878. The van der Waals surface area contributed by atoms with Gasteiger partial charge in [0.05, 0.1) is 0 Å². The summed E-state index contributed by atoms with van der Waals surface area (Å²) in [6, 6.07) is 2.17. The molecule has 0 unspecified atom stereocenters. The van der Waals surface area contributed by atoms with E-state index in [-0.39, 0.29) is 0 Å². The van der Waals surface area contributed by atoms with Crippen LogP contribution in [-0.2, 0) is 6.42 Å². The minimum atomic E-state index is 1.22. The number of aryl methyl sites for hydroxylation is 1. The van der Waals surface area contributed by atoms with Gasteiger partial charge in [-0.25, -0.2) is 0 Å². The number of rotatable bonds is 0. The molecule has 0 fully saturated rings. The Bertz CT molecular complexity index is 245. The van der Waals surface area contributed by atoms with E-state index in [1.807, 2.05) is 6.20 Å². The van der Waals surface area contributed by atoms with Crippen molar-refractivity contribution in [2.45, 2.75) is 19.3 Å². The van der Waals surface area contributed by atoms with Crippen molar-refractivity contribution >= 4 is 6.08 Å². The third-order valence-electron chi connectivity index (χ3n) is 1.97. The van der Waals surface area contributed by atoms with Gasteiger partial charge in [-0.3, -0.25) is 0 Å². The van der Waals surface area contributed by atoms with Crippen molar-refractivity contribution < 1.29 is 0 Å². The number of fused-ring (bicyclic) bond motifs is 1. The Morgan fingerprint density at radius 1 is 1.40 bits per heavy atom. The summed E-state index contributed by atoms with van der Waals surface area (Å²) in [4.78, 5) is 3.21. The maximum atomic E-state index is 3.21. The molecule has 1 aliphatic rings. The van der Waals surface area contributed by atoms with Crippen LogP contribution in [0.2, 0.25) is 0 Å². The quantitative estimate of drug-likeness (QED) is 0.559. The topological polar surface area (TPSA) is 15.8 Å². The molecule has 0 aromatic carbocycles. The highest BCUT2D eigenvalue weighted by Crippen LogP contribution is 2.16. The zero-order valence-corrected chi connectivity index (χ0v) is 5.93. The van der Waals surface area contributed by atoms with Crippen molar-refractivity contribution in [1.82, 2.24) is 4.98 Å². The lowest BCUT2D eigenvalue weighted by Gasteiger charge is -1.92. The molecule has 1 heterocycles. The molecule has 0 bridgehead atoms. The Morgan fingerprint density at radius 3 is 3.40 bits per heavy atom. The van der Waals surface area contributed by atoms with Crippen molar-refractivity contribution in [2.24, 2.45) is 0 Å². The zero-order valence-electron chi connectivity index (χ0n) is 5.93. The zero-order chi connectivity index (χ0) is 6.81. The molecule has 0 saturated heterocycles. The van der Waals surface area contributed by atoms with Crippen LogP contribution in [0.25, 0.3) is 6.08 Å². The summed E-state index contributed by atoms with van der Waals surface area (Å²) < 4.78 is 0. The van der Waals surface area contributed by atoms with E-state index in [1.54, 1.807) is 0 Å². The van der Waals surface area contributed by atoms with Gasteiger partial charge in [0.2, 0.25) is 0 Å². The second-order valence-electron chi connectivity index (χ2n) is 2.71. The SMILES string of the molecule is C1=Cc2[nH]ccc2CCC1. The van der Waals surface area contributed by atoms with Crippen molar-refractivity contribution in [1.29, 1.82) is 0 Å². The lowest BCUT2D eigenvalue weighted by Crippen LogP contribution is -1.81. The van der Waals surface area contributed by atoms with Gasteiger partial charge >= 0.3 is 0 Å². The average Bonchev–Trinajstić information content (AvgIpc) is 2.28. The molecule has 1 aromatic heterocycles. The highest BCUT2D eigenvalue weighted by Gasteiger charge is 2.01. The van der Waals surface area contributed by atoms with Crippen LogP contribution >= 0.6 is 0 Å². The lowest BCUT2D eigenvalue weighted by atomic mass is 10.1.